The zero-order chi connectivity index (χ0) is 17.7. The Morgan fingerprint density at radius 2 is 2.00 bits per heavy atom. The molecule has 0 bridgehead atoms. The minimum atomic E-state index is -0.132. The van der Waals surface area contributed by atoms with Crippen LogP contribution in [0.5, 0.6) is 0 Å². The van der Waals surface area contributed by atoms with E-state index < -0.39 is 0 Å². The molecule has 0 saturated heterocycles. The summed E-state index contributed by atoms with van der Waals surface area (Å²) in [6, 6.07) is 1.73. The van der Waals surface area contributed by atoms with Gasteiger partial charge in [0.1, 0.15) is 0 Å². The lowest BCUT2D eigenvalue weighted by Gasteiger charge is -2.23. The summed E-state index contributed by atoms with van der Waals surface area (Å²) in [6.07, 6.45) is 1.52. The zero-order valence-electron chi connectivity index (χ0n) is 13.9. The average molecular weight is 370 g/mol. The summed E-state index contributed by atoms with van der Waals surface area (Å²) >= 11 is 7.15. The van der Waals surface area contributed by atoms with Gasteiger partial charge in [0.25, 0.3) is 0 Å². The number of amides is 2. The van der Waals surface area contributed by atoms with Gasteiger partial charge in [-0.2, -0.15) is 0 Å². The molecule has 2 rings (SSSR count). The third-order valence-corrected chi connectivity index (χ3v) is 4.59. The maximum atomic E-state index is 12.2. The molecule has 0 radical (unpaired) electrons. The second kappa shape index (κ2) is 8.34. The maximum Gasteiger partial charge on any atom is 0.242 e. The number of thioether (sulfide) groups is 1. The first-order valence-electron chi connectivity index (χ1n) is 7.60. The van der Waals surface area contributed by atoms with Gasteiger partial charge in [-0.15, -0.1) is 0 Å². The number of carbonyl (C=O) groups excluding carboxylic acids is 2. The van der Waals surface area contributed by atoms with Crippen LogP contribution in [0.1, 0.15) is 13.8 Å². The van der Waals surface area contributed by atoms with Crippen molar-refractivity contribution in [1.82, 2.24) is 24.8 Å². The highest BCUT2D eigenvalue weighted by molar-refractivity contribution is 7.99. The monoisotopic (exact) mass is 369 g/mol. The van der Waals surface area contributed by atoms with Gasteiger partial charge in [0.15, 0.2) is 10.8 Å². The van der Waals surface area contributed by atoms with E-state index in [-0.39, 0.29) is 24.1 Å². The molecule has 0 fully saturated rings. The molecule has 0 saturated carbocycles. The van der Waals surface area contributed by atoms with Crippen molar-refractivity contribution in [3.63, 3.8) is 0 Å². The third-order valence-electron chi connectivity index (χ3n) is 3.53. The molecule has 2 amide bonds. The average Bonchev–Trinajstić information content (AvgIpc) is 2.95. The minimum Gasteiger partial charge on any atom is -0.342 e. The fourth-order valence-electron chi connectivity index (χ4n) is 2.13. The van der Waals surface area contributed by atoms with Crippen molar-refractivity contribution in [2.75, 3.05) is 32.4 Å². The van der Waals surface area contributed by atoms with E-state index in [4.69, 9.17) is 11.6 Å². The molecule has 0 aromatic carbocycles. The number of fused-ring (bicyclic) bond motifs is 1. The fourth-order valence-corrected chi connectivity index (χ4v) is 3.10. The van der Waals surface area contributed by atoms with E-state index in [1.807, 2.05) is 13.8 Å². The highest BCUT2D eigenvalue weighted by Crippen LogP contribution is 2.20. The number of nitrogens with one attached hydrogen (secondary N) is 1. The third kappa shape index (κ3) is 4.61. The number of hydrogen-bond acceptors (Lipinski definition) is 5. The summed E-state index contributed by atoms with van der Waals surface area (Å²) in [7, 11) is 1.63. The van der Waals surface area contributed by atoms with Crippen LogP contribution >= 0.6 is 23.4 Å². The fraction of sp³-hybridized carbons (Fsp3) is 0.467. The lowest BCUT2D eigenvalue weighted by atomic mass is 10.4. The predicted molar refractivity (Wildman–Crippen MR) is 95.2 cm³/mol. The molecular weight excluding hydrogens is 350 g/mol. The van der Waals surface area contributed by atoms with Gasteiger partial charge >= 0.3 is 0 Å². The minimum absolute atomic E-state index is 0.0524. The number of halogens is 1. The summed E-state index contributed by atoms with van der Waals surface area (Å²) in [6.45, 7) is 5.20. The topological polar surface area (TPSA) is 82.2 Å². The van der Waals surface area contributed by atoms with Crippen LogP contribution in [0.25, 0.3) is 11.2 Å². The molecule has 7 nitrogen and oxygen atoms in total. The quantitative estimate of drug-likeness (QED) is 0.755. The molecule has 0 aliphatic carbocycles. The number of nitrogens with zero attached hydrogens (tertiary/aromatic N) is 4. The van der Waals surface area contributed by atoms with Gasteiger partial charge in [-0.3, -0.25) is 9.59 Å². The standard InChI is InChI=1S/C15H20ClN5O2S/c1-4-21(5-2)12(22)8-20(3)13(23)9-24-15-18-11-6-10(16)7-17-14(11)19-15/h6-7H,4-5,8-9H2,1-3H3,(H,17,18,19). The highest BCUT2D eigenvalue weighted by Gasteiger charge is 2.17. The van der Waals surface area contributed by atoms with E-state index in [2.05, 4.69) is 15.0 Å². The number of H-pyrrole nitrogens is 1. The lowest BCUT2D eigenvalue weighted by Crippen LogP contribution is -2.41. The van der Waals surface area contributed by atoms with E-state index in [0.717, 1.165) is 5.52 Å². The number of carbonyl (C=O) groups is 2. The van der Waals surface area contributed by atoms with E-state index in [1.165, 1.54) is 22.9 Å². The normalized spacial score (nSPS) is 10.8. The molecule has 2 aromatic heterocycles. The Kier molecular flexibility index (Phi) is 6.44. The van der Waals surface area contributed by atoms with Crippen LogP contribution in [-0.4, -0.2) is 69.0 Å². The van der Waals surface area contributed by atoms with Crippen LogP contribution in [0.3, 0.4) is 0 Å². The van der Waals surface area contributed by atoms with Crippen molar-refractivity contribution in [3.8, 4) is 0 Å². The van der Waals surface area contributed by atoms with Crippen LogP contribution in [-0.2, 0) is 9.59 Å². The number of aromatic nitrogens is 3. The number of hydrogen-bond donors (Lipinski definition) is 1. The summed E-state index contributed by atoms with van der Waals surface area (Å²) in [5.74, 6) is 0.00523. The number of aromatic amines is 1. The summed E-state index contributed by atoms with van der Waals surface area (Å²) in [5.41, 5.74) is 1.28. The van der Waals surface area contributed by atoms with Crippen LogP contribution in [0.15, 0.2) is 17.4 Å². The van der Waals surface area contributed by atoms with Gasteiger partial charge in [0.2, 0.25) is 11.8 Å². The first kappa shape index (κ1) is 18.5. The Balaban J connectivity index is 1.90. The second-order valence-electron chi connectivity index (χ2n) is 5.17. The Hall–Kier alpha value is -1.80. The molecule has 0 spiro atoms. The SMILES string of the molecule is CCN(CC)C(=O)CN(C)C(=O)CSc1nc2ncc(Cl)cc2[nH]1. The summed E-state index contributed by atoms with van der Waals surface area (Å²) < 4.78 is 0. The van der Waals surface area contributed by atoms with Crippen molar-refractivity contribution < 1.29 is 9.59 Å². The number of imidazole rings is 1. The molecule has 2 aromatic rings. The lowest BCUT2D eigenvalue weighted by molar-refractivity contribution is -0.137. The molecule has 9 heteroatoms. The molecule has 0 aliphatic rings. The molecular formula is C15H20ClN5O2S. The summed E-state index contributed by atoms with van der Waals surface area (Å²) in [5, 5.41) is 1.12. The van der Waals surface area contributed by atoms with Crippen molar-refractivity contribution in [1.29, 1.82) is 0 Å². The highest BCUT2D eigenvalue weighted by atomic mass is 35.5. The first-order valence-corrected chi connectivity index (χ1v) is 8.96. The Labute approximate surface area is 149 Å². The van der Waals surface area contributed by atoms with Crippen LogP contribution in [0.4, 0.5) is 0 Å². The smallest absolute Gasteiger partial charge is 0.242 e. The van der Waals surface area contributed by atoms with Crippen molar-refractivity contribution in [3.05, 3.63) is 17.3 Å². The van der Waals surface area contributed by atoms with Crippen molar-refractivity contribution >= 4 is 46.3 Å². The van der Waals surface area contributed by atoms with E-state index in [9.17, 15) is 9.59 Å². The predicted octanol–water partition coefficient (Wildman–Crippen LogP) is 2.03. The zero-order valence-corrected chi connectivity index (χ0v) is 15.4. The van der Waals surface area contributed by atoms with Gasteiger partial charge in [0, 0.05) is 26.3 Å². The largest absolute Gasteiger partial charge is 0.342 e. The summed E-state index contributed by atoms with van der Waals surface area (Å²) in [4.78, 5) is 38.8. The molecule has 0 aliphatic heterocycles. The van der Waals surface area contributed by atoms with Crippen molar-refractivity contribution in [2.24, 2.45) is 0 Å². The van der Waals surface area contributed by atoms with Crippen LogP contribution in [0.2, 0.25) is 5.02 Å². The first-order chi connectivity index (χ1) is 11.4. The Morgan fingerprint density at radius 1 is 1.29 bits per heavy atom. The van der Waals surface area contributed by atoms with Gasteiger partial charge < -0.3 is 14.8 Å². The Morgan fingerprint density at radius 3 is 2.67 bits per heavy atom. The molecule has 24 heavy (non-hydrogen) atoms. The molecule has 130 valence electrons. The molecule has 1 N–H and O–H groups in total. The molecule has 0 atom stereocenters. The van der Waals surface area contributed by atoms with Gasteiger partial charge in [-0.25, -0.2) is 9.97 Å². The number of rotatable bonds is 7. The van der Waals surface area contributed by atoms with Gasteiger partial charge in [-0.1, -0.05) is 23.4 Å². The number of likely N-dealkylation sites (N-methyl/N-ethyl adjacent to an activating group) is 2. The second-order valence-corrected chi connectivity index (χ2v) is 6.57. The molecule has 2 heterocycles. The maximum absolute atomic E-state index is 12.2. The van der Waals surface area contributed by atoms with E-state index in [1.54, 1.807) is 18.0 Å². The van der Waals surface area contributed by atoms with Crippen molar-refractivity contribution in [2.45, 2.75) is 19.0 Å². The molecule has 0 unspecified atom stereocenters. The van der Waals surface area contributed by atoms with Crippen LogP contribution < -0.4 is 0 Å². The number of pyridine rings is 1. The van der Waals surface area contributed by atoms with E-state index >= 15 is 0 Å². The Bertz CT molecular complexity index is 732. The van der Waals surface area contributed by atoms with Crippen LogP contribution in [0, 0.1) is 0 Å². The van der Waals surface area contributed by atoms with Gasteiger partial charge in [0.05, 0.1) is 22.8 Å². The van der Waals surface area contributed by atoms with E-state index in [0.29, 0.717) is 28.9 Å². The van der Waals surface area contributed by atoms with Gasteiger partial charge in [-0.05, 0) is 19.9 Å².